The molecule has 1 aliphatic heterocycles. The molecule has 1 heterocycles. The first-order valence-electron chi connectivity index (χ1n) is 4.69. The third-order valence-corrected chi connectivity index (χ3v) is 4.20. The van der Waals surface area contributed by atoms with E-state index < -0.39 is 11.4 Å². The Morgan fingerprint density at radius 2 is 1.92 bits per heavy atom. The second-order valence-corrected chi connectivity index (χ2v) is 4.85. The van der Waals surface area contributed by atoms with Crippen LogP contribution in [0.15, 0.2) is 0 Å². The van der Waals surface area contributed by atoms with Crippen LogP contribution in [0.5, 0.6) is 0 Å². The lowest BCUT2D eigenvalue weighted by Gasteiger charge is -2.39. The molecule has 0 aromatic carbocycles. The Morgan fingerprint density at radius 3 is 2.08 bits per heavy atom. The minimum absolute atomic E-state index is 0.199. The summed E-state index contributed by atoms with van der Waals surface area (Å²) < 4.78 is 0. The van der Waals surface area contributed by atoms with Gasteiger partial charge in [0.05, 0.1) is 5.41 Å². The van der Waals surface area contributed by atoms with Crippen LogP contribution >= 0.6 is 0 Å². The van der Waals surface area contributed by atoms with E-state index in [4.69, 9.17) is 0 Å². The smallest absolute Gasteiger partial charge is 0.311 e. The van der Waals surface area contributed by atoms with Crippen LogP contribution in [0, 0.1) is 11.3 Å². The molecule has 1 fully saturated rings. The zero-order chi connectivity index (χ0) is 10.4. The molecule has 0 spiro atoms. The molecular weight excluding hydrogens is 166 g/mol. The molecule has 2 atom stereocenters. The minimum atomic E-state index is -0.686. The van der Waals surface area contributed by atoms with Crippen LogP contribution in [-0.2, 0) is 4.79 Å². The van der Waals surface area contributed by atoms with Crippen molar-refractivity contribution in [3.05, 3.63) is 0 Å². The average molecular weight is 185 g/mol. The van der Waals surface area contributed by atoms with Crippen molar-refractivity contribution in [1.82, 2.24) is 4.90 Å². The third kappa shape index (κ3) is 1.10. The molecule has 1 N–H and O–H groups in total. The highest BCUT2D eigenvalue weighted by molar-refractivity contribution is 5.77. The second-order valence-electron chi connectivity index (χ2n) is 4.85. The van der Waals surface area contributed by atoms with Gasteiger partial charge in [-0.2, -0.15) is 0 Å². The molecule has 1 aliphatic rings. The fourth-order valence-corrected chi connectivity index (χ4v) is 2.29. The fourth-order valence-electron chi connectivity index (χ4n) is 2.29. The van der Waals surface area contributed by atoms with Gasteiger partial charge in [0.2, 0.25) is 0 Å². The summed E-state index contributed by atoms with van der Waals surface area (Å²) in [4.78, 5) is 13.4. The van der Waals surface area contributed by atoms with Gasteiger partial charge >= 0.3 is 5.97 Å². The Balaban J connectivity index is 3.14. The molecule has 3 heteroatoms. The molecule has 0 amide bonds. The Kier molecular flexibility index (Phi) is 2.19. The van der Waals surface area contributed by atoms with Crippen LogP contribution in [0.2, 0.25) is 0 Å². The molecule has 0 aromatic heterocycles. The highest BCUT2D eigenvalue weighted by Crippen LogP contribution is 2.47. The first-order chi connectivity index (χ1) is 5.74. The maximum Gasteiger partial charge on any atom is 0.311 e. The van der Waals surface area contributed by atoms with Gasteiger partial charge < -0.3 is 5.11 Å². The Morgan fingerprint density at radius 1 is 1.46 bits per heavy atom. The highest BCUT2D eigenvalue weighted by Gasteiger charge is 2.58. The summed E-state index contributed by atoms with van der Waals surface area (Å²) in [6.07, 6.45) is 0. The van der Waals surface area contributed by atoms with Gasteiger partial charge in [0, 0.05) is 12.1 Å². The summed E-state index contributed by atoms with van der Waals surface area (Å²) >= 11 is 0. The second kappa shape index (κ2) is 2.71. The van der Waals surface area contributed by atoms with Crippen molar-refractivity contribution in [3.8, 4) is 0 Å². The van der Waals surface area contributed by atoms with Gasteiger partial charge in [0.1, 0.15) is 0 Å². The quantitative estimate of drug-likeness (QED) is 0.672. The van der Waals surface area contributed by atoms with Gasteiger partial charge in [0.25, 0.3) is 0 Å². The van der Waals surface area contributed by atoms with E-state index in [1.807, 2.05) is 34.7 Å². The molecule has 1 saturated heterocycles. The van der Waals surface area contributed by atoms with Gasteiger partial charge in [-0.15, -0.1) is 0 Å². The van der Waals surface area contributed by atoms with E-state index in [1.54, 1.807) is 0 Å². The number of carboxylic acid groups (broad SMARTS) is 1. The van der Waals surface area contributed by atoms with Crippen molar-refractivity contribution < 1.29 is 9.90 Å². The molecule has 2 unspecified atom stereocenters. The number of rotatable bonds is 1. The zero-order valence-corrected chi connectivity index (χ0v) is 9.09. The summed E-state index contributed by atoms with van der Waals surface area (Å²) in [6, 6.07) is 0. The van der Waals surface area contributed by atoms with Gasteiger partial charge in [-0.05, 0) is 33.7 Å². The van der Waals surface area contributed by atoms with Gasteiger partial charge in [-0.3, -0.25) is 9.69 Å². The maximum atomic E-state index is 11.3. The van der Waals surface area contributed by atoms with E-state index in [2.05, 4.69) is 4.90 Å². The molecule has 76 valence electrons. The predicted octanol–water partition coefficient (Wildman–Crippen LogP) is 1.44. The van der Waals surface area contributed by atoms with Gasteiger partial charge in [0.15, 0.2) is 0 Å². The third-order valence-electron chi connectivity index (χ3n) is 4.20. The van der Waals surface area contributed by atoms with Crippen molar-refractivity contribution >= 4 is 5.97 Å². The number of likely N-dealkylation sites (tertiary alicyclic amines) is 1. The number of aliphatic carboxylic acids is 1. The average Bonchev–Trinajstić information content (AvgIpc) is 2.13. The summed E-state index contributed by atoms with van der Waals surface area (Å²) in [5.74, 6) is -0.487. The molecule has 3 nitrogen and oxygen atoms in total. The van der Waals surface area contributed by atoms with Crippen LogP contribution in [0.1, 0.15) is 27.7 Å². The SMILES string of the molecule is CC1CN(C)C(C)(C)C1(C)C(=O)O. The van der Waals surface area contributed by atoms with E-state index in [9.17, 15) is 9.90 Å². The lowest BCUT2D eigenvalue weighted by atomic mass is 9.68. The van der Waals surface area contributed by atoms with Crippen molar-refractivity contribution in [1.29, 1.82) is 0 Å². The molecule has 13 heavy (non-hydrogen) atoms. The van der Waals surface area contributed by atoms with Gasteiger partial charge in [-0.1, -0.05) is 6.92 Å². The Labute approximate surface area is 79.7 Å². The highest BCUT2D eigenvalue weighted by atomic mass is 16.4. The van der Waals surface area contributed by atoms with Crippen molar-refractivity contribution in [3.63, 3.8) is 0 Å². The fraction of sp³-hybridized carbons (Fsp3) is 0.900. The van der Waals surface area contributed by atoms with Crippen LogP contribution in [0.4, 0.5) is 0 Å². The molecule has 0 aliphatic carbocycles. The number of hydrogen-bond donors (Lipinski definition) is 1. The molecule has 1 rings (SSSR count). The Bertz CT molecular complexity index is 237. The van der Waals surface area contributed by atoms with E-state index in [-0.39, 0.29) is 11.5 Å². The maximum absolute atomic E-state index is 11.3. The lowest BCUT2D eigenvalue weighted by Crippen LogP contribution is -2.51. The van der Waals surface area contributed by atoms with Crippen molar-refractivity contribution in [2.45, 2.75) is 33.2 Å². The minimum Gasteiger partial charge on any atom is -0.481 e. The predicted molar refractivity (Wildman–Crippen MR) is 51.6 cm³/mol. The largest absolute Gasteiger partial charge is 0.481 e. The van der Waals surface area contributed by atoms with Crippen molar-refractivity contribution in [2.75, 3.05) is 13.6 Å². The van der Waals surface area contributed by atoms with Gasteiger partial charge in [-0.25, -0.2) is 0 Å². The summed E-state index contributed by atoms with van der Waals surface area (Å²) in [6.45, 7) is 8.73. The van der Waals surface area contributed by atoms with E-state index in [0.29, 0.717) is 0 Å². The normalized spacial score (nSPS) is 39.3. The van der Waals surface area contributed by atoms with E-state index >= 15 is 0 Å². The number of nitrogens with zero attached hydrogens (tertiary/aromatic N) is 1. The standard InChI is InChI=1S/C10H19NO2/c1-7-6-11(5)9(2,3)10(7,4)8(12)13/h7H,6H2,1-5H3,(H,12,13). The van der Waals surface area contributed by atoms with Crippen LogP contribution in [0.25, 0.3) is 0 Å². The first kappa shape index (κ1) is 10.5. The summed E-state index contributed by atoms with van der Waals surface area (Å²) in [5.41, 5.74) is -0.903. The molecule has 0 aromatic rings. The molecular formula is C10H19NO2. The van der Waals surface area contributed by atoms with Crippen LogP contribution < -0.4 is 0 Å². The van der Waals surface area contributed by atoms with Crippen molar-refractivity contribution in [2.24, 2.45) is 11.3 Å². The van der Waals surface area contributed by atoms with Crippen LogP contribution in [-0.4, -0.2) is 35.1 Å². The van der Waals surface area contributed by atoms with E-state index in [0.717, 1.165) is 6.54 Å². The topological polar surface area (TPSA) is 40.5 Å². The number of carbonyl (C=O) groups is 1. The molecule has 0 bridgehead atoms. The Hall–Kier alpha value is -0.570. The monoisotopic (exact) mass is 185 g/mol. The number of hydrogen-bond acceptors (Lipinski definition) is 2. The summed E-state index contributed by atoms with van der Waals surface area (Å²) in [7, 11) is 1.99. The van der Waals surface area contributed by atoms with Crippen LogP contribution in [0.3, 0.4) is 0 Å². The first-order valence-corrected chi connectivity index (χ1v) is 4.69. The zero-order valence-electron chi connectivity index (χ0n) is 9.09. The number of carboxylic acids is 1. The summed E-state index contributed by atoms with van der Waals surface area (Å²) in [5, 5.41) is 9.27. The molecule has 0 radical (unpaired) electrons. The van der Waals surface area contributed by atoms with E-state index in [1.165, 1.54) is 0 Å². The molecule has 0 saturated carbocycles. The lowest BCUT2D eigenvalue weighted by molar-refractivity contribution is -0.154.